The fraction of sp³-hybridized carbons (Fsp3) is 0.308. The Morgan fingerprint density at radius 1 is 1.35 bits per heavy atom. The van der Waals surface area contributed by atoms with Gasteiger partial charge in [-0.3, -0.25) is 0 Å². The van der Waals surface area contributed by atoms with Crippen LogP contribution in [0, 0.1) is 0 Å². The SMILES string of the molecule is NCc1ccc(-n2ccc(C3CC3)n2)c(Cl)c1. The molecule has 1 heterocycles. The Kier molecular flexibility index (Phi) is 2.65. The Bertz CT molecular complexity index is 543. The molecule has 0 radical (unpaired) electrons. The van der Waals surface area contributed by atoms with Crippen LogP contribution in [0.4, 0.5) is 0 Å². The summed E-state index contributed by atoms with van der Waals surface area (Å²) in [5.74, 6) is 0.665. The van der Waals surface area contributed by atoms with Gasteiger partial charge < -0.3 is 5.73 Å². The average molecular weight is 248 g/mol. The second-order valence-corrected chi connectivity index (χ2v) is 4.86. The summed E-state index contributed by atoms with van der Waals surface area (Å²) < 4.78 is 1.84. The van der Waals surface area contributed by atoms with Crippen LogP contribution in [0.2, 0.25) is 5.02 Å². The van der Waals surface area contributed by atoms with Crippen LogP contribution in [0.5, 0.6) is 0 Å². The van der Waals surface area contributed by atoms with Gasteiger partial charge in [-0.15, -0.1) is 0 Å². The van der Waals surface area contributed by atoms with Gasteiger partial charge in [-0.25, -0.2) is 4.68 Å². The number of halogens is 1. The molecule has 1 fully saturated rings. The summed E-state index contributed by atoms with van der Waals surface area (Å²) in [4.78, 5) is 0. The number of nitrogens with two attached hydrogens (primary N) is 1. The number of benzene rings is 1. The lowest BCUT2D eigenvalue weighted by Gasteiger charge is -2.06. The maximum Gasteiger partial charge on any atom is 0.0832 e. The zero-order valence-corrected chi connectivity index (χ0v) is 10.2. The van der Waals surface area contributed by atoms with Crippen molar-refractivity contribution in [2.24, 2.45) is 5.73 Å². The maximum absolute atomic E-state index is 6.23. The minimum Gasteiger partial charge on any atom is -0.326 e. The molecular formula is C13H14ClN3. The molecule has 1 aromatic carbocycles. The Morgan fingerprint density at radius 3 is 2.82 bits per heavy atom. The Morgan fingerprint density at radius 2 is 2.18 bits per heavy atom. The van der Waals surface area contributed by atoms with Gasteiger partial charge in [-0.2, -0.15) is 5.10 Å². The molecule has 1 aromatic heterocycles. The summed E-state index contributed by atoms with van der Waals surface area (Å²) in [6.45, 7) is 0.506. The first kappa shape index (κ1) is 10.8. The molecule has 88 valence electrons. The molecule has 1 saturated carbocycles. The quantitative estimate of drug-likeness (QED) is 0.907. The van der Waals surface area contributed by atoms with Crippen molar-refractivity contribution in [3.8, 4) is 5.69 Å². The van der Waals surface area contributed by atoms with Crippen LogP contribution in [0.25, 0.3) is 5.69 Å². The highest BCUT2D eigenvalue weighted by Crippen LogP contribution is 2.39. The summed E-state index contributed by atoms with van der Waals surface area (Å²) in [7, 11) is 0. The fourth-order valence-electron chi connectivity index (χ4n) is 1.93. The maximum atomic E-state index is 6.23. The lowest BCUT2D eigenvalue weighted by molar-refractivity contribution is 0.836. The molecule has 17 heavy (non-hydrogen) atoms. The van der Waals surface area contributed by atoms with Crippen LogP contribution in [0.15, 0.2) is 30.5 Å². The van der Waals surface area contributed by atoms with E-state index in [1.165, 1.54) is 18.5 Å². The topological polar surface area (TPSA) is 43.8 Å². The van der Waals surface area contributed by atoms with Crippen LogP contribution in [0.3, 0.4) is 0 Å². The fourth-order valence-corrected chi connectivity index (χ4v) is 2.22. The van der Waals surface area contributed by atoms with E-state index < -0.39 is 0 Å². The summed E-state index contributed by atoms with van der Waals surface area (Å²) in [6, 6.07) is 7.92. The molecule has 0 amide bonds. The molecule has 0 aliphatic heterocycles. The molecule has 0 unspecified atom stereocenters. The van der Waals surface area contributed by atoms with Crippen molar-refractivity contribution in [1.29, 1.82) is 0 Å². The molecule has 4 heteroatoms. The zero-order valence-electron chi connectivity index (χ0n) is 9.44. The highest BCUT2D eigenvalue weighted by atomic mass is 35.5. The van der Waals surface area contributed by atoms with Gasteiger partial charge in [-0.05, 0) is 36.6 Å². The average Bonchev–Trinajstić information content (AvgIpc) is 3.08. The van der Waals surface area contributed by atoms with Crippen molar-refractivity contribution in [2.45, 2.75) is 25.3 Å². The summed E-state index contributed by atoms with van der Waals surface area (Å²) in [6.07, 6.45) is 4.49. The van der Waals surface area contributed by atoms with Crippen molar-refractivity contribution >= 4 is 11.6 Å². The predicted molar refractivity (Wildman–Crippen MR) is 68.4 cm³/mol. The molecular weight excluding hydrogens is 234 g/mol. The van der Waals surface area contributed by atoms with Crippen LogP contribution in [0.1, 0.15) is 30.0 Å². The van der Waals surface area contributed by atoms with E-state index in [4.69, 9.17) is 17.3 Å². The third-order valence-corrected chi connectivity index (χ3v) is 3.40. The molecule has 1 aliphatic rings. The number of nitrogens with zero attached hydrogens (tertiary/aromatic N) is 2. The van der Waals surface area contributed by atoms with E-state index in [-0.39, 0.29) is 0 Å². The molecule has 1 aliphatic carbocycles. The smallest absolute Gasteiger partial charge is 0.0832 e. The Balaban J connectivity index is 1.96. The van der Waals surface area contributed by atoms with Crippen LogP contribution < -0.4 is 5.73 Å². The van der Waals surface area contributed by atoms with Crippen molar-refractivity contribution in [3.63, 3.8) is 0 Å². The van der Waals surface area contributed by atoms with E-state index in [2.05, 4.69) is 11.2 Å². The van der Waals surface area contributed by atoms with Gasteiger partial charge in [0.15, 0.2) is 0 Å². The van der Waals surface area contributed by atoms with E-state index in [0.717, 1.165) is 11.3 Å². The first-order valence-electron chi connectivity index (χ1n) is 5.82. The van der Waals surface area contributed by atoms with Gasteiger partial charge in [0, 0.05) is 18.7 Å². The van der Waals surface area contributed by atoms with Crippen molar-refractivity contribution < 1.29 is 0 Å². The molecule has 0 saturated heterocycles. The lowest BCUT2D eigenvalue weighted by Crippen LogP contribution is -2.00. The van der Waals surface area contributed by atoms with Crippen molar-refractivity contribution in [1.82, 2.24) is 9.78 Å². The standard InChI is InChI=1S/C13H14ClN3/c14-11-7-9(8-15)1-4-13(11)17-6-5-12(16-17)10-2-3-10/h1,4-7,10H,2-3,8,15H2. The number of aromatic nitrogens is 2. The zero-order chi connectivity index (χ0) is 11.8. The first-order chi connectivity index (χ1) is 8.28. The normalized spacial score (nSPS) is 15.2. The second-order valence-electron chi connectivity index (χ2n) is 4.45. The van der Waals surface area contributed by atoms with E-state index in [9.17, 15) is 0 Å². The van der Waals surface area contributed by atoms with Crippen LogP contribution in [-0.2, 0) is 6.54 Å². The van der Waals surface area contributed by atoms with Crippen LogP contribution >= 0.6 is 11.6 Å². The molecule has 3 rings (SSSR count). The summed E-state index contributed by atoms with van der Waals surface area (Å²) in [5, 5.41) is 5.25. The highest BCUT2D eigenvalue weighted by molar-refractivity contribution is 6.32. The van der Waals surface area contributed by atoms with E-state index in [1.807, 2.05) is 29.1 Å². The van der Waals surface area contributed by atoms with Gasteiger partial charge in [-0.1, -0.05) is 17.7 Å². The van der Waals surface area contributed by atoms with Gasteiger partial charge in [0.25, 0.3) is 0 Å². The lowest BCUT2D eigenvalue weighted by atomic mass is 10.2. The minimum atomic E-state index is 0.506. The molecule has 0 spiro atoms. The van der Waals surface area contributed by atoms with Crippen molar-refractivity contribution in [3.05, 3.63) is 46.7 Å². The molecule has 0 bridgehead atoms. The van der Waals surface area contributed by atoms with Gasteiger partial charge in [0.1, 0.15) is 0 Å². The second kappa shape index (κ2) is 4.17. The monoisotopic (exact) mass is 247 g/mol. The van der Waals surface area contributed by atoms with Crippen LogP contribution in [-0.4, -0.2) is 9.78 Å². The number of hydrogen-bond donors (Lipinski definition) is 1. The molecule has 2 aromatic rings. The van der Waals surface area contributed by atoms with E-state index >= 15 is 0 Å². The number of hydrogen-bond acceptors (Lipinski definition) is 2. The van der Waals surface area contributed by atoms with E-state index in [1.54, 1.807) is 0 Å². The molecule has 2 N–H and O–H groups in total. The highest BCUT2D eigenvalue weighted by Gasteiger charge is 2.26. The first-order valence-corrected chi connectivity index (χ1v) is 6.20. The largest absolute Gasteiger partial charge is 0.326 e. The van der Waals surface area contributed by atoms with Gasteiger partial charge in [0.2, 0.25) is 0 Å². The third-order valence-electron chi connectivity index (χ3n) is 3.10. The summed E-state index contributed by atoms with van der Waals surface area (Å²) >= 11 is 6.23. The molecule has 3 nitrogen and oxygen atoms in total. The van der Waals surface area contributed by atoms with Crippen molar-refractivity contribution in [2.75, 3.05) is 0 Å². The Hall–Kier alpha value is -1.32. The number of rotatable bonds is 3. The van der Waals surface area contributed by atoms with Gasteiger partial charge >= 0.3 is 0 Å². The summed E-state index contributed by atoms with van der Waals surface area (Å²) in [5.41, 5.74) is 8.70. The van der Waals surface area contributed by atoms with E-state index in [0.29, 0.717) is 17.5 Å². The molecule has 0 atom stereocenters. The minimum absolute atomic E-state index is 0.506. The third kappa shape index (κ3) is 2.08. The van der Waals surface area contributed by atoms with Gasteiger partial charge in [0.05, 0.1) is 16.4 Å². The Labute approximate surface area is 105 Å². The predicted octanol–water partition coefficient (Wildman–Crippen LogP) is 2.86.